The van der Waals surface area contributed by atoms with Crippen molar-refractivity contribution < 1.29 is 28.7 Å². The number of alkyl carbamates (subject to hydrolysis) is 1. The highest BCUT2D eigenvalue weighted by Gasteiger charge is 2.36. The summed E-state index contributed by atoms with van der Waals surface area (Å²) in [6, 6.07) is 10.1. The van der Waals surface area contributed by atoms with Gasteiger partial charge in [0.15, 0.2) is 0 Å². The van der Waals surface area contributed by atoms with Gasteiger partial charge < -0.3 is 30.7 Å². The third-order valence-corrected chi connectivity index (χ3v) is 5.92. The molecule has 10 heteroatoms. The molecule has 0 aromatic heterocycles. The number of hydrogen-bond donors (Lipinski definition) is 3. The molecule has 2 atom stereocenters. The molecule has 4 N–H and O–H groups in total. The standard InChI is InChI=1S/C30H40N4O6/c1-8-17-34(28(37)24(15-16-25(31)35)33-29(38)40-30(4,5)6)26(23-18-19(2)9-10-20(23)3)27(36)32-21-11-13-22(39-7)14-12-21/h8-14,18,24,26H,1,15-17H2,2-7H3,(H2,31,35)(H,32,36)(H,33,38). The van der Waals surface area contributed by atoms with Crippen LogP contribution in [0.25, 0.3) is 0 Å². The van der Waals surface area contributed by atoms with E-state index in [4.69, 9.17) is 15.2 Å². The average Bonchev–Trinajstić information content (AvgIpc) is 2.87. The number of carbonyl (C=O) groups is 4. The number of nitrogens with two attached hydrogens (primary N) is 1. The van der Waals surface area contributed by atoms with Crippen molar-refractivity contribution in [2.45, 2.75) is 65.1 Å². The largest absolute Gasteiger partial charge is 0.497 e. The molecule has 0 radical (unpaired) electrons. The van der Waals surface area contributed by atoms with Crippen LogP contribution < -0.4 is 21.1 Å². The maximum Gasteiger partial charge on any atom is 0.408 e. The van der Waals surface area contributed by atoms with Crippen molar-refractivity contribution in [2.24, 2.45) is 5.73 Å². The first-order valence-electron chi connectivity index (χ1n) is 13.0. The van der Waals surface area contributed by atoms with Gasteiger partial charge >= 0.3 is 6.09 Å². The van der Waals surface area contributed by atoms with Crippen LogP contribution in [0.1, 0.15) is 56.3 Å². The summed E-state index contributed by atoms with van der Waals surface area (Å²) in [5.41, 5.74) is 7.33. The number of carbonyl (C=O) groups excluding carboxylic acids is 4. The van der Waals surface area contributed by atoms with Crippen LogP contribution in [0.5, 0.6) is 5.75 Å². The Morgan fingerprint density at radius 3 is 2.27 bits per heavy atom. The first-order valence-corrected chi connectivity index (χ1v) is 13.0. The van der Waals surface area contributed by atoms with Gasteiger partial charge in [0.1, 0.15) is 23.4 Å². The van der Waals surface area contributed by atoms with Crippen LogP contribution in [-0.4, -0.2) is 54.0 Å². The van der Waals surface area contributed by atoms with E-state index >= 15 is 0 Å². The first-order chi connectivity index (χ1) is 18.7. The predicted molar refractivity (Wildman–Crippen MR) is 154 cm³/mol. The molecule has 4 amide bonds. The zero-order chi connectivity index (χ0) is 30.0. The van der Waals surface area contributed by atoms with Crippen LogP contribution in [0.2, 0.25) is 0 Å². The van der Waals surface area contributed by atoms with Gasteiger partial charge in [-0.25, -0.2) is 4.79 Å². The molecule has 0 spiro atoms. The summed E-state index contributed by atoms with van der Waals surface area (Å²) in [4.78, 5) is 53.5. The summed E-state index contributed by atoms with van der Waals surface area (Å²) in [6.45, 7) is 12.6. The quantitative estimate of drug-likeness (QED) is 0.338. The van der Waals surface area contributed by atoms with Gasteiger partial charge in [0.05, 0.1) is 7.11 Å². The molecule has 40 heavy (non-hydrogen) atoms. The van der Waals surface area contributed by atoms with E-state index in [0.717, 1.165) is 11.1 Å². The first kappa shape index (κ1) is 31.9. The highest BCUT2D eigenvalue weighted by molar-refractivity contribution is 5.99. The van der Waals surface area contributed by atoms with E-state index in [1.165, 1.54) is 11.0 Å². The molecule has 2 unspecified atom stereocenters. The molecule has 2 rings (SSSR count). The number of methoxy groups -OCH3 is 1. The maximum atomic E-state index is 14.1. The predicted octanol–water partition coefficient (Wildman–Crippen LogP) is 4.17. The highest BCUT2D eigenvalue weighted by atomic mass is 16.6. The molecule has 0 aliphatic carbocycles. The van der Waals surface area contributed by atoms with Crippen molar-refractivity contribution in [2.75, 3.05) is 19.0 Å². The normalized spacial score (nSPS) is 12.4. The van der Waals surface area contributed by atoms with Crippen LogP contribution in [0.4, 0.5) is 10.5 Å². The topological polar surface area (TPSA) is 140 Å². The number of aryl methyl sites for hydroxylation is 2. The zero-order valence-electron chi connectivity index (χ0n) is 24.1. The molecule has 0 aliphatic heterocycles. The lowest BCUT2D eigenvalue weighted by atomic mass is 9.95. The molecule has 10 nitrogen and oxygen atoms in total. The lowest BCUT2D eigenvalue weighted by Gasteiger charge is -2.34. The summed E-state index contributed by atoms with van der Waals surface area (Å²) in [7, 11) is 1.54. The number of primary amides is 1. The van der Waals surface area contributed by atoms with E-state index in [1.54, 1.807) is 52.1 Å². The smallest absolute Gasteiger partial charge is 0.408 e. The molecule has 0 saturated heterocycles. The Kier molecular flexibility index (Phi) is 11.3. The average molecular weight is 553 g/mol. The molecule has 0 saturated carbocycles. The Bertz CT molecular complexity index is 1220. The van der Waals surface area contributed by atoms with Crippen molar-refractivity contribution in [1.82, 2.24) is 10.2 Å². The number of anilines is 1. The number of nitrogens with zero attached hydrogens (tertiary/aromatic N) is 1. The molecular weight excluding hydrogens is 512 g/mol. The van der Waals surface area contributed by atoms with Crippen LogP contribution in [0.3, 0.4) is 0 Å². The second-order valence-electron chi connectivity index (χ2n) is 10.5. The summed E-state index contributed by atoms with van der Waals surface area (Å²) in [5, 5.41) is 5.45. The second-order valence-corrected chi connectivity index (χ2v) is 10.5. The molecule has 0 bridgehead atoms. The van der Waals surface area contributed by atoms with E-state index in [-0.39, 0.29) is 19.4 Å². The van der Waals surface area contributed by atoms with Crippen LogP contribution in [-0.2, 0) is 19.1 Å². The molecule has 0 aliphatic rings. The van der Waals surface area contributed by atoms with E-state index in [0.29, 0.717) is 17.0 Å². The number of benzene rings is 2. The second kappa shape index (κ2) is 14.2. The van der Waals surface area contributed by atoms with Gasteiger partial charge in [0.25, 0.3) is 5.91 Å². The third kappa shape index (κ3) is 9.44. The van der Waals surface area contributed by atoms with Gasteiger partial charge in [0.2, 0.25) is 11.8 Å². The summed E-state index contributed by atoms with van der Waals surface area (Å²) in [5.74, 6) is -1.08. The van der Waals surface area contributed by atoms with Crippen molar-refractivity contribution >= 4 is 29.5 Å². The fraction of sp³-hybridized carbons (Fsp3) is 0.400. The molecule has 2 aromatic rings. The van der Waals surface area contributed by atoms with Crippen molar-refractivity contribution in [1.29, 1.82) is 0 Å². The zero-order valence-corrected chi connectivity index (χ0v) is 24.1. The molecule has 2 aromatic carbocycles. The number of amides is 4. The summed E-state index contributed by atoms with van der Waals surface area (Å²) >= 11 is 0. The lowest BCUT2D eigenvalue weighted by Crippen LogP contribution is -2.52. The number of rotatable bonds is 12. The summed E-state index contributed by atoms with van der Waals surface area (Å²) < 4.78 is 10.5. The molecular formula is C30H40N4O6. The monoisotopic (exact) mass is 552 g/mol. The van der Waals surface area contributed by atoms with Gasteiger partial charge in [-0.15, -0.1) is 6.58 Å². The lowest BCUT2D eigenvalue weighted by molar-refractivity contribution is -0.140. The van der Waals surface area contributed by atoms with Gasteiger partial charge in [-0.05, 0) is 76.4 Å². The molecule has 0 heterocycles. The van der Waals surface area contributed by atoms with Crippen molar-refractivity contribution in [3.8, 4) is 5.75 Å². The Labute approximate surface area is 235 Å². The summed E-state index contributed by atoms with van der Waals surface area (Å²) in [6.07, 6.45) is 0.413. The highest BCUT2D eigenvalue weighted by Crippen LogP contribution is 2.29. The fourth-order valence-corrected chi connectivity index (χ4v) is 4.05. The SMILES string of the molecule is C=CCN(C(=O)C(CCC(N)=O)NC(=O)OC(C)(C)C)C(C(=O)Nc1ccc(OC)cc1)c1cc(C)ccc1C. The Morgan fingerprint density at radius 1 is 1.07 bits per heavy atom. The van der Waals surface area contributed by atoms with Gasteiger partial charge in [-0.2, -0.15) is 0 Å². The van der Waals surface area contributed by atoms with Gasteiger partial charge in [0, 0.05) is 18.7 Å². The van der Waals surface area contributed by atoms with Crippen LogP contribution >= 0.6 is 0 Å². The molecule has 0 fully saturated rings. The third-order valence-electron chi connectivity index (χ3n) is 5.92. The Hall–Kier alpha value is -4.34. The number of nitrogens with one attached hydrogen (secondary N) is 2. The van der Waals surface area contributed by atoms with E-state index in [9.17, 15) is 19.2 Å². The van der Waals surface area contributed by atoms with Crippen molar-refractivity contribution in [3.63, 3.8) is 0 Å². The van der Waals surface area contributed by atoms with Gasteiger partial charge in [-0.3, -0.25) is 14.4 Å². The van der Waals surface area contributed by atoms with E-state index in [2.05, 4.69) is 17.2 Å². The number of ether oxygens (including phenoxy) is 2. The molecule has 216 valence electrons. The Balaban J connectivity index is 2.55. The fourth-order valence-electron chi connectivity index (χ4n) is 4.05. The van der Waals surface area contributed by atoms with Crippen LogP contribution in [0, 0.1) is 13.8 Å². The van der Waals surface area contributed by atoms with E-state index in [1.807, 2.05) is 32.0 Å². The number of hydrogen-bond acceptors (Lipinski definition) is 6. The van der Waals surface area contributed by atoms with Crippen LogP contribution in [0.15, 0.2) is 55.1 Å². The Morgan fingerprint density at radius 2 is 1.73 bits per heavy atom. The maximum absolute atomic E-state index is 14.1. The minimum absolute atomic E-state index is 0.0179. The van der Waals surface area contributed by atoms with Gasteiger partial charge in [-0.1, -0.05) is 29.8 Å². The minimum Gasteiger partial charge on any atom is -0.497 e. The minimum atomic E-state index is -1.19. The van der Waals surface area contributed by atoms with E-state index < -0.39 is 41.5 Å². The van der Waals surface area contributed by atoms with Crippen molar-refractivity contribution in [3.05, 3.63) is 71.8 Å².